The molecule has 0 radical (unpaired) electrons. The molecule has 0 aliphatic heterocycles. The van der Waals surface area contributed by atoms with Gasteiger partial charge in [-0.3, -0.25) is 0 Å². The molecule has 0 aliphatic rings. The molecular weight excluding hydrogens is 232 g/mol. The van der Waals surface area contributed by atoms with Crippen molar-refractivity contribution in [3.63, 3.8) is 0 Å². The molecule has 1 aromatic heterocycles. The standard InChI is InChI=1S/C14H17ClN2/c1-3-4-14-16-7-8-17(14)10-12-6-5-11(2)9-13(12)15/h5-9H,3-4,10H2,1-2H3. The van der Waals surface area contributed by atoms with Crippen LogP contribution in [0.4, 0.5) is 0 Å². The molecule has 90 valence electrons. The average Bonchev–Trinajstić information content (AvgIpc) is 2.71. The molecule has 0 aliphatic carbocycles. The van der Waals surface area contributed by atoms with E-state index in [0.29, 0.717) is 0 Å². The Morgan fingerprint density at radius 3 is 2.88 bits per heavy atom. The minimum absolute atomic E-state index is 0.800. The van der Waals surface area contributed by atoms with Crippen molar-refractivity contribution in [2.24, 2.45) is 0 Å². The van der Waals surface area contributed by atoms with Crippen LogP contribution in [0.5, 0.6) is 0 Å². The highest BCUT2D eigenvalue weighted by Gasteiger charge is 2.05. The Balaban J connectivity index is 2.22. The van der Waals surface area contributed by atoms with Crippen molar-refractivity contribution < 1.29 is 0 Å². The van der Waals surface area contributed by atoms with Gasteiger partial charge in [0.25, 0.3) is 0 Å². The molecule has 0 unspecified atom stereocenters. The summed E-state index contributed by atoms with van der Waals surface area (Å²) in [6.45, 7) is 5.02. The van der Waals surface area contributed by atoms with Crippen molar-refractivity contribution in [3.8, 4) is 0 Å². The maximum atomic E-state index is 6.24. The van der Waals surface area contributed by atoms with Gasteiger partial charge in [0.1, 0.15) is 5.82 Å². The van der Waals surface area contributed by atoms with E-state index < -0.39 is 0 Å². The van der Waals surface area contributed by atoms with E-state index in [1.807, 2.05) is 18.5 Å². The van der Waals surface area contributed by atoms with Crippen LogP contribution in [-0.2, 0) is 13.0 Å². The molecule has 0 saturated carbocycles. The van der Waals surface area contributed by atoms with Gasteiger partial charge in [-0.05, 0) is 30.5 Å². The van der Waals surface area contributed by atoms with Crippen LogP contribution in [0, 0.1) is 6.92 Å². The molecule has 0 amide bonds. The van der Waals surface area contributed by atoms with E-state index >= 15 is 0 Å². The summed E-state index contributed by atoms with van der Waals surface area (Å²) >= 11 is 6.24. The minimum Gasteiger partial charge on any atom is -0.330 e. The second-order valence-electron chi connectivity index (χ2n) is 4.32. The first-order valence-corrected chi connectivity index (χ1v) is 6.33. The van der Waals surface area contributed by atoms with E-state index in [2.05, 4.69) is 35.5 Å². The summed E-state index contributed by atoms with van der Waals surface area (Å²) < 4.78 is 2.17. The fourth-order valence-electron chi connectivity index (χ4n) is 1.90. The smallest absolute Gasteiger partial charge is 0.108 e. The molecule has 0 spiro atoms. The second kappa shape index (κ2) is 5.37. The third-order valence-corrected chi connectivity index (χ3v) is 3.18. The zero-order valence-electron chi connectivity index (χ0n) is 10.3. The van der Waals surface area contributed by atoms with Crippen molar-refractivity contribution in [2.45, 2.75) is 33.2 Å². The maximum absolute atomic E-state index is 6.24. The van der Waals surface area contributed by atoms with E-state index in [-0.39, 0.29) is 0 Å². The van der Waals surface area contributed by atoms with Crippen molar-refractivity contribution in [2.75, 3.05) is 0 Å². The Bertz CT molecular complexity index is 503. The van der Waals surface area contributed by atoms with Gasteiger partial charge < -0.3 is 4.57 Å². The average molecular weight is 249 g/mol. The second-order valence-corrected chi connectivity index (χ2v) is 4.72. The van der Waals surface area contributed by atoms with Gasteiger partial charge in [-0.1, -0.05) is 30.7 Å². The fourth-order valence-corrected chi connectivity index (χ4v) is 2.19. The Labute approximate surface area is 107 Å². The van der Waals surface area contributed by atoms with Gasteiger partial charge in [-0.25, -0.2) is 4.98 Å². The normalized spacial score (nSPS) is 10.8. The van der Waals surface area contributed by atoms with Crippen LogP contribution in [0.1, 0.15) is 30.3 Å². The molecular formula is C14H17ClN2. The lowest BCUT2D eigenvalue weighted by Gasteiger charge is -2.09. The van der Waals surface area contributed by atoms with Crippen LogP contribution in [-0.4, -0.2) is 9.55 Å². The summed E-state index contributed by atoms with van der Waals surface area (Å²) in [5, 5.41) is 0.834. The minimum atomic E-state index is 0.800. The fraction of sp³-hybridized carbons (Fsp3) is 0.357. The number of hydrogen-bond acceptors (Lipinski definition) is 1. The first-order valence-electron chi connectivity index (χ1n) is 5.95. The molecule has 2 aromatic rings. The SMILES string of the molecule is CCCc1nccn1Cc1ccc(C)cc1Cl. The van der Waals surface area contributed by atoms with Gasteiger partial charge in [0.2, 0.25) is 0 Å². The Hall–Kier alpha value is -1.28. The largest absolute Gasteiger partial charge is 0.330 e. The van der Waals surface area contributed by atoms with Crippen LogP contribution in [0.3, 0.4) is 0 Å². The molecule has 1 heterocycles. The molecule has 0 fully saturated rings. The number of imidazole rings is 1. The van der Waals surface area contributed by atoms with Gasteiger partial charge >= 0.3 is 0 Å². The van der Waals surface area contributed by atoms with Crippen molar-refractivity contribution in [1.29, 1.82) is 0 Å². The zero-order chi connectivity index (χ0) is 12.3. The lowest BCUT2D eigenvalue weighted by Crippen LogP contribution is -2.04. The quantitative estimate of drug-likeness (QED) is 0.804. The molecule has 2 nitrogen and oxygen atoms in total. The highest BCUT2D eigenvalue weighted by molar-refractivity contribution is 6.31. The van der Waals surface area contributed by atoms with Gasteiger partial charge in [-0.15, -0.1) is 0 Å². The van der Waals surface area contributed by atoms with Gasteiger partial charge in [-0.2, -0.15) is 0 Å². The molecule has 2 rings (SSSR count). The number of nitrogens with zero attached hydrogens (tertiary/aromatic N) is 2. The summed E-state index contributed by atoms with van der Waals surface area (Å²) in [4.78, 5) is 4.37. The number of aromatic nitrogens is 2. The van der Waals surface area contributed by atoms with E-state index in [1.54, 1.807) is 0 Å². The van der Waals surface area contributed by atoms with Crippen LogP contribution in [0.2, 0.25) is 5.02 Å². The van der Waals surface area contributed by atoms with Crippen LogP contribution in [0.15, 0.2) is 30.6 Å². The number of aryl methyl sites for hydroxylation is 2. The molecule has 3 heteroatoms. The van der Waals surface area contributed by atoms with Gasteiger partial charge in [0.05, 0.1) is 6.54 Å². The predicted molar refractivity (Wildman–Crippen MR) is 71.5 cm³/mol. The molecule has 0 atom stereocenters. The van der Waals surface area contributed by atoms with E-state index in [1.165, 1.54) is 5.56 Å². The first kappa shape index (κ1) is 12.2. The molecule has 1 aromatic carbocycles. The van der Waals surface area contributed by atoms with Crippen LogP contribution in [0.25, 0.3) is 0 Å². The zero-order valence-corrected chi connectivity index (χ0v) is 11.0. The predicted octanol–water partition coefficient (Wildman–Crippen LogP) is 3.85. The molecule has 17 heavy (non-hydrogen) atoms. The topological polar surface area (TPSA) is 17.8 Å². The Morgan fingerprint density at radius 2 is 2.18 bits per heavy atom. The molecule has 0 bridgehead atoms. The van der Waals surface area contributed by atoms with E-state index in [4.69, 9.17) is 11.6 Å². The third-order valence-electron chi connectivity index (χ3n) is 2.82. The lowest BCUT2D eigenvalue weighted by atomic mass is 10.1. The van der Waals surface area contributed by atoms with Crippen molar-refractivity contribution >= 4 is 11.6 Å². The summed E-state index contributed by atoms with van der Waals surface area (Å²) in [6, 6.07) is 6.19. The number of benzene rings is 1. The summed E-state index contributed by atoms with van der Waals surface area (Å²) in [5.41, 5.74) is 2.34. The number of hydrogen-bond donors (Lipinski definition) is 0. The summed E-state index contributed by atoms with van der Waals surface area (Å²) in [6.07, 6.45) is 5.99. The van der Waals surface area contributed by atoms with Gasteiger partial charge in [0.15, 0.2) is 0 Å². The van der Waals surface area contributed by atoms with Crippen LogP contribution < -0.4 is 0 Å². The first-order chi connectivity index (χ1) is 8.20. The Kier molecular flexibility index (Phi) is 3.85. The monoisotopic (exact) mass is 248 g/mol. The highest BCUT2D eigenvalue weighted by atomic mass is 35.5. The third kappa shape index (κ3) is 2.89. The highest BCUT2D eigenvalue weighted by Crippen LogP contribution is 2.19. The maximum Gasteiger partial charge on any atom is 0.108 e. The number of rotatable bonds is 4. The van der Waals surface area contributed by atoms with Gasteiger partial charge in [0, 0.05) is 23.8 Å². The number of halogens is 1. The molecule has 0 saturated heterocycles. The lowest BCUT2D eigenvalue weighted by molar-refractivity contribution is 0.705. The summed E-state index contributed by atoms with van der Waals surface area (Å²) in [7, 11) is 0. The molecule has 0 N–H and O–H groups in total. The summed E-state index contributed by atoms with van der Waals surface area (Å²) in [5.74, 6) is 1.13. The Morgan fingerprint density at radius 1 is 1.35 bits per heavy atom. The van der Waals surface area contributed by atoms with E-state index in [0.717, 1.165) is 35.8 Å². The van der Waals surface area contributed by atoms with Crippen LogP contribution >= 0.6 is 11.6 Å². The van der Waals surface area contributed by atoms with E-state index in [9.17, 15) is 0 Å². The van der Waals surface area contributed by atoms with Crippen molar-refractivity contribution in [3.05, 3.63) is 52.6 Å². The van der Waals surface area contributed by atoms with Crippen molar-refractivity contribution in [1.82, 2.24) is 9.55 Å².